The molecule has 7 N–H and O–H groups in total. The van der Waals surface area contributed by atoms with Crippen LogP contribution in [0.15, 0.2) is 23.2 Å². The number of benzene rings is 1. The molecule has 0 saturated carbocycles. The average Bonchev–Trinajstić information content (AvgIpc) is 2.75. The monoisotopic (exact) mass is 419 g/mol. The lowest BCUT2D eigenvalue weighted by atomic mass is 9.93. The van der Waals surface area contributed by atoms with E-state index in [-0.39, 0.29) is 34.6 Å². The van der Waals surface area contributed by atoms with Gasteiger partial charge in [0.1, 0.15) is 35.1 Å². The Bertz CT molecular complexity index is 1130. The third-order valence-corrected chi connectivity index (χ3v) is 5.25. The maximum absolute atomic E-state index is 10.6. The van der Waals surface area contributed by atoms with Gasteiger partial charge >= 0.3 is 0 Å². The molecule has 158 valence electrons. The molecule has 2 aromatic rings. The van der Waals surface area contributed by atoms with E-state index < -0.39 is 6.04 Å². The van der Waals surface area contributed by atoms with Gasteiger partial charge in [-0.05, 0) is 17.7 Å². The highest BCUT2D eigenvalue weighted by Crippen LogP contribution is 2.43. The first-order valence-electron chi connectivity index (χ1n) is 9.62. The Morgan fingerprint density at radius 2 is 2.06 bits per heavy atom. The fraction of sp³-hybridized carbons (Fsp3) is 0.300. The average molecular weight is 419 g/mol. The maximum Gasteiger partial charge on any atom is 0.211 e. The Labute approximate surface area is 178 Å². The summed E-state index contributed by atoms with van der Waals surface area (Å²) in [7, 11) is 0. The molecule has 0 aliphatic carbocycles. The number of pyridine rings is 1. The van der Waals surface area contributed by atoms with Gasteiger partial charge in [-0.2, -0.15) is 10.5 Å². The van der Waals surface area contributed by atoms with Gasteiger partial charge in [0.05, 0.1) is 18.9 Å². The summed E-state index contributed by atoms with van der Waals surface area (Å²) in [6, 6.07) is 6.47. The number of nitrogens with two attached hydrogens (primary N) is 2. The van der Waals surface area contributed by atoms with Gasteiger partial charge < -0.3 is 26.6 Å². The molecule has 11 heteroatoms. The normalized spacial score (nSPS) is 18.1. The van der Waals surface area contributed by atoms with Gasteiger partial charge in [0, 0.05) is 30.8 Å². The van der Waals surface area contributed by atoms with E-state index in [1.54, 1.807) is 12.3 Å². The van der Waals surface area contributed by atoms with Crippen LogP contribution in [0.5, 0.6) is 5.75 Å². The number of nitriles is 2. The van der Waals surface area contributed by atoms with E-state index in [1.807, 2.05) is 18.2 Å². The number of nitrogens with one attached hydrogen (secondary N) is 2. The van der Waals surface area contributed by atoms with Crippen molar-refractivity contribution in [1.82, 2.24) is 15.2 Å². The van der Waals surface area contributed by atoms with Crippen LogP contribution in [0.25, 0.3) is 0 Å². The van der Waals surface area contributed by atoms with E-state index in [4.69, 9.17) is 21.5 Å². The molecule has 2 aliphatic rings. The fourth-order valence-electron chi connectivity index (χ4n) is 3.74. The largest absolute Gasteiger partial charge is 0.508 e. The second-order valence-corrected chi connectivity index (χ2v) is 7.18. The molecule has 0 amide bonds. The summed E-state index contributed by atoms with van der Waals surface area (Å²) >= 11 is 0. The number of guanidine groups is 1. The van der Waals surface area contributed by atoms with Crippen LogP contribution in [0.2, 0.25) is 0 Å². The second kappa shape index (κ2) is 8.36. The fourth-order valence-corrected chi connectivity index (χ4v) is 3.74. The number of anilines is 3. The third kappa shape index (κ3) is 3.88. The number of hydrogen-bond donors (Lipinski definition) is 5. The smallest absolute Gasteiger partial charge is 0.211 e. The van der Waals surface area contributed by atoms with Crippen molar-refractivity contribution in [1.29, 1.82) is 10.5 Å². The summed E-state index contributed by atoms with van der Waals surface area (Å²) in [4.78, 5) is 11.0. The van der Waals surface area contributed by atoms with Crippen LogP contribution >= 0.6 is 0 Å². The van der Waals surface area contributed by atoms with E-state index in [0.29, 0.717) is 30.9 Å². The van der Waals surface area contributed by atoms with Gasteiger partial charge in [-0.25, -0.2) is 9.98 Å². The topological polar surface area (TPSA) is 182 Å². The number of nitrogen functional groups attached to an aromatic ring is 2. The molecule has 1 saturated heterocycles. The molecule has 1 unspecified atom stereocenters. The lowest BCUT2D eigenvalue weighted by molar-refractivity contribution is 0.0342. The molecule has 4 rings (SSSR count). The number of nitrogens with zero attached hydrogens (tertiary/aromatic N) is 5. The molecule has 0 spiro atoms. The molecule has 1 atom stereocenters. The third-order valence-electron chi connectivity index (χ3n) is 5.25. The van der Waals surface area contributed by atoms with E-state index in [2.05, 4.69) is 25.5 Å². The highest BCUT2D eigenvalue weighted by molar-refractivity contribution is 5.98. The number of aromatic nitrogens is 1. The lowest BCUT2D eigenvalue weighted by Crippen LogP contribution is -2.35. The number of phenolic OH excluding ortho intramolecular Hbond substituents is 1. The van der Waals surface area contributed by atoms with Crippen molar-refractivity contribution in [2.24, 2.45) is 4.99 Å². The van der Waals surface area contributed by atoms with E-state index >= 15 is 0 Å². The zero-order valence-electron chi connectivity index (χ0n) is 16.6. The van der Waals surface area contributed by atoms with Crippen LogP contribution in [-0.2, 0) is 11.3 Å². The zero-order valence-corrected chi connectivity index (χ0v) is 16.6. The molecular weight excluding hydrogens is 398 g/mol. The van der Waals surface area contributed by atoms with E-state index in [0.717, 1.165) is 18.7 Å². The van der Waals surface area contributed by atoms with Crippen LogP contribution in [0, 0.1) is 22.8 Å². The quantitative estimate of drug-likeness (QED) is 0.349. The summed E-state index contributed by atoms with van der Waals surface area (Å²) in [6.45, 7) is 3.69. The van der Waals surface area contributed by atoms with Gasteiger partial charge in [0.25, 0.3) is 0 Å². The number of aliphatic imine (C=N–C) groups is 1. The summed E-state index contributed by atoms with van der Waals surface area (Å²) in [5, 5.41) is 34.4. The summed E-state index contributed by atoms with van der Waals surface area (Å²) in [5.41, 5.74) is 14.2. The molecule has 1 aromatic heterocycles. The Balaban J connectivity index is 1.80. The SMILES string of the molecule is N#CNC1=NC(c2cc(CN3CCOCC3)ccc2O)c2c(nc(N)c(C#N)c2N)N1. The highest BCUT2D eigenvalue weighted by Gasteiger charge is 2.31. The standard InChI is InChI=1S/C20H21N9O2/c21-8-13-16(23)15-17(26-20(25-10-22)28-19(15)27-18(13)24)12-7-11(1-2-14(12)30)9-29-3-5-31-6-4-29/h1-2,7,17,30H,3-6,9H2,(H6,23,24,25,26,27,28). The van der Waals surface area contributed by atoms with Crippen molar-refractivity contribution in [2.75, 3.05) is 43.1 Å². The number of fused-ring (bicyclic) bond motifs is 1. The molecule has 1 fully saturated rings. The maximum atomic E-state index is 10.6. The predicted molar refractivity (Wildman–Crippen MR) is 114 cm³/mol. The minimum atomic E-state index is -0.795. The van der Waals surface area contributed by atoms with Crippen molar-refractivity contribution in [3.05, 3.63) is 40.5 Å². The number of aromatic hydroxyl groups is 1. The minimum Gasteiger partial charge on any atom is -0.508 e. The van der Waals surface area contributed by atoms with Crippen molar-refractivity contribution in [2.45, 2.75) is 12.6 Å². The molecule has 1 aromatic carbocycles. The Hall–Kier alpha value is -4.06. The van der Waals surface area contributed by atoms with Gasteiger partial charge in [0.15, 0.2) is 6.19 Å². The molecule has 0 radical (unpaired) electrons. The number of phenols is 1. The van der Waals surface area contributed by atoms with Crippen molar-refractivity contribution < 1.29 is 9.84 Å². The molecule has 3 heterocycles. The van der Waals surface area contributed by atoms with Crippen LogP contribution < -0.4 is 22.1 Å². The first-order valence-corrected chi connectivity index (χ1v) is 9.62. The lowest BCUT2D eigenvalue weighted by Gasteiger charge is -2.28. The number of rotatable bonds is 3. The molecule has 31 heavy (non-hydrogen) atoms. The minimum absolute atomic E-state index is 0.0124. The second-order valence-electron chi connectivity index (χ2n) is 7.18. The number of hydrogen-bond acceptors (Lipinski definition) is 11. The van der Waals surface area contributed by atoms with E-state index in [9.17, 15) is 10.4 Å². The van der Waals surface area contributed by atoms with Crippen molar-refractivity contribution in [3.8, 4) is 18.0 Å². The molecule has 0 bridgehead atoms. The Morgan fingerprint density at radius 1 is 1.29 bits per heavy atom. The number of morpholine rings is 1. The van der Waals surface area contributed by atoms with E-state index in [1.165, 1.54) is 0 Å². The van der Waals surface area contributed by atoms with Crippen LogP contribution in [0.3, 0.4) is 0 Å². The summed E-state index contributed by atoms with van der Waals surface area (Å²) in [5.74, 6) is 0.380. The molecule has 2 aliphatic heterocycles. The van der Waals surface area contributed by atoms with Crippen molar-refractivity contribution in [3.63, 3.8) is 0 Å². The van der Waals surface area contributed by atoms with Crippen LogP contribution in [-0.4, -0.2) is 47.3 Å². The molecular formula is C20H21N9O2. The van der Waals surface area contributed by atoms with Gasteiger partial charge in [0.2, 0.25) is 5.96 Å². The zero-order chi connectivity index (χ0) is 22.0. The number of ether oxygens (including phenoxy) is 1. The first-order chi connectivity index (χ1) is 15.0. The van der Waals surface area contributed by atoms with Crippen LogP contribution in [0.4, 0.5) is 17.3 Å². The predicted octanol–water partition coefficient (Wildman–Crippen LogP) is 0.597. The van der Waals surface area contributed by atoms with Crippen LogP contribution in [0.1, 0.15) is 28.3 Å². The summed E-state index contributed by atoms with van der Waals surface area (Å²) < 4.78 is 5.40. The first kappa shape index (κ1) is 20.2. The Morgan fingerprint density at radius 3 is 2.77 bits per heavy atom. The van der Waals surface area contributed by atoms with Crippen molar-refractivity contribution >= 4 is 23.3 Å². The van der Waals surface area contributed by atoms with Gasteiger partial charge in [-0.3, -0.25) is 10.2 Å². The summed E-state index contributed by atoms with van der Waals surface area (Å²) in [6.07, 6.45) is 1.81. The highest BCUT2D eigenvalue weighted by atomic mass is 16.5. The van der Waals surface area contributed by atoms with Gasteiger partial charge in [-0.1, -0.05) is 6.07 Å². The Kier molecular flexibility index (Phi) is 5.45. The van der Waals surface area contributed by atoms with Gasteiger partial charge in [-0.15, -0.1) is 0 Å². The molecule has 11 nitrogen and oxygen atoms in total.